The van der Waals surface area contributed by atoms with E-state index in [9.17, 15) is 4.79 Å². The summed E-state index contributed by atoms with van der Waals surface area (Å²) in [5.74, 6) is 0.613. The molecule has 0 radical (unpaired) electrons. The molecule has 0 saturated carbocycles. The van der Waals surface area contributed by atoms with Crippen LogP contribution >= 0.6 is 15.9 Å². The van der Waals surface area contributed by atoms with Crippen LogP contribution in [0.4, 0.5) is 0 Å². The third-order valence-corrected chi connectivity index (χ3v) is 3.37. The summed E-state index contributed by atoms with van der Waals surface area (Å²) in [5.41, 5.74) is 2.27. The van der Waals surface area contributed by atoms with E-state index >= 15 is 0 Å². The van der Waals surface area contributed by atoms with Crippen LogP contribution in [0.3, 0.4) is 0 Å². The summed E-state index contributed by atoms with van der Waals surface area (Å²) in [4.78, 5) is 12.6. The van der Waals surface area contributed by atoms with Crippen molar-refractivity contribution in [2.45, 2.75) is 13.8 Å². The number of hydrogen-bond acceptors (Lipinski definition) is 2. The van der Waals surface area contributed by atoms with Crippen LogP contribution in [0, 0.1) is 6.92 Å². The van der Waals surface area contributed by atoms with Crippen molar-refractivity contribution in [2.75, 3.05) is 6.61 Å². The molecule has 0 N–H and O–H groups in total. The summed E-state index contributed by atoms with van der Waals surface area (Å²) in [6.45, 7) is 4.38. The number of benzene rings is 2. The van der Waals surface area contributed by atoms with Gasteiger partial charge in [-0.1, -0.05) is 40.2 Å². The molecule has 98 valence electrons. The number of halogens is 1. The molecule has 0 aromatic heterocycles. The SMILES string of the molecule is CCOc1ccc(Br)cc1C(=O)c1ccccc1C. The van der Waals surface area contributed by atoms with Gasteiger partial charge in [0.15, 0.2) is 5.78 Å². The van der Waals surface area contributed by atoms with Gasteiger partial charge in [0, 0.05) is 10.0 Å². The fourth-order valence-corrected chi connectivity index (χ4v) is 2.29. The highest BCUT2D eigenvalue weighted by Gasteiger charge is 2.16. The summed E-state index contributed by atoms with van der Waals surface area (Å²) >= 11 is 3.40. The molecule has 0 aliphatic rings. The van der Waals surface area contributed by atoms with Crippen molar-refractivity contribution in [3.63, 3.8) is 0 Å². The predicted octanol–water partition coefficient (Wildman–Crippen LogP) is 4.39. The number of ketones is 1. The van der Waals surface area contributed by atoms with Gasteiger partial charge in [0.05, 0.1) is 12.2 Å². The summed E-state index contributed by atoms with van der Waals surface area (Å²) in [6, 6.07) is 13.1. The van der Waals surface area contributed by atoms with Crippen LogP contribution in [0.5, 0.6) is 5.75 Å². The molecule has 0 atom stereocenters. The van der Waals surface area contributed by atoms with Crippen LogP contribution in [0.25, 0.3) is 0 Å². The van der Waals surface area contributed by atoms with Crippen LogP contribution < -0.4 is 4.74 Å². The molecular weight excluding hydrogens is 304 g/mol. The molecule has 3 heteroatoms. The van der Waals surface area contributed by atoms with Crippen LogP contribution in [0.15, 0.2) is 46.9 Å². The predicted molar refractivity (Wildman–Crippen MR) is 79.9 cm³/mol. The lowest BCUT2D eigenvalue weighted by molar-refractivity contribution is 0.103. The van der Waals surface area contributed by atoms with Crippen molar-refractivity contribution in [3.05, 3.63) is 63.6 Å². The first kappa shape index (κ1) is 13.8. The van der Waals surface area contributed by atoms with Crippen LogP contribution in [-0.4, -0.2) is 12.4 Å². The largest absolute Gasteiger partial charge is 0.493 e. The standard InChI is InChI=1S/C16H15BrO2/c1-3-19-15-9-8-12(17)10-14(15)16(18)13-7-5-4-6-11(13)2/h4-10H,3H2,1-2H3. The van der Waals surface area contributed by atoms with Crippen molar-refractivity contribution >= 4 is 21.7 Å². The first-order valence-corrected chi connectivity index (χ1v) is 6.95. The van der Waals surface area contributed by atoms with Crippen LogP contribution in [0.1, 0.15) is 28.4 Å². The van der Waals surface area contributed by atoms with E-state index in [1.54, 1.807) is 6.07 Å². The van der Waals surface area contributed by atoms with Crippen molar-refractivity contribution in [3.8, 4) is 5.75 Å². The zero-order chi connectivity index (χ0) is 13.8. The minimum atomic E-state index is -0.0112. The molecule has 0 amide bonds. The van der Waals surface area contributed by atoms with Gasteiger partial charge in [-0.05, 0) is 37.6 Å². The van der Waals surface area contributed by atoms with Gasteiger partial charge in [0.1, 0.15) is 5.75 Å². The van der Waals surface area contributed by atoms with Gasteiger partial charge in [0.2, 0.25) is 0 Å². The van der Waals surface area contributed by atoms with Gasteiger partial charge in [-0.15, -0.1) is 0 Å². The van der Waals surface area contributed by atoms with E-state index in [2.05, 4.69) is 15.9 Å². The molecule has 0 fully saturated rings. The Morgan fingerprint density at radius 1 is 1.16 bits per heavy atom. The maximum atomic E-state index is 12.6. The van der Waals surface area contributed by atoms with Crippen LogP contribution in [0.2, 0.25) is 0 Å². The second kappa shape index (κ2) is 6.02. The Morgan fingerprint density at radius 2 is 1.89 bits per heavy atom. The highest BCUT2D eigenvalue weighted by atomic mass is 79.9. The van der Waals surface area contributed by atoms with E-state index in [0.717, 1.165) is 10.0 Å². The third-order valence-electron chi connectivity index (χ3n) is 2.88. The first-order chi connectivity index (χ1) is 9.13. The number of ether oxygens (including phenoxy) is 1. The second-order valence-electron chi connectivity index (χ2n) is 4.22. The average molecular weight is 319 g/mol. The number of carbonyl (C=O) groups is 1. The van der Waals surface area contributed by atoms with E-state index in [-0.39, 0.29) is 5.78 Å². The molecule has 0 aliphatic carbocycles. The molecule has 19 heavy (non-hydrogen) atoms. The van der Waals surface area contributed by atoms with Gasteiger partial charge >= 0.3 is 0 Å². The van der Waals surface area contributed by atoms with Gasteiger partial charge in [-0.25, -0.2) is 0 Å². The van der Waals surface area contributed by atoms with Crippen molar-refractivity contribution in [1.82, 2.24) is 0 Å². The smallest absolute Gasteiger partial charge is 0.197 e. The van der Waals surface area contributed by atoms with Crippen molar-refractivity contribution in [1.29, 1.82) is 0 Å². The maximum Gasteiger partial charge on any atom is 0.197 e. The normalized spacial score (nSPS) is 10.3. The fraction of sp³-hybridized carbons (Fsp3) is 0.188. The highest BCUT2D eigenvalue weighted by molar-refractivity contribution is 9.10. The Morgan fingerprint density at radius 3 is 2.58 bits per heavy atom. The van der Waals surface area contributed by atoms with E-state index < -0.39 is 0 Å². The molecule has 2 aromatic rings. The highest BCUT2D eigenvalue weighted by Crippen LogP contribution is 2.26. The minimum absolute atomic E-state index is 0.0112. The Kier molecular flexibility index (Phi) is 4.38. The zero-order valence-corrected chi connectivity index (χ0v) is 12.5. The first-order valence-electron chi connectivity index (χ1n) is 6.16. The monoisotopic (exact) mass is 318 g/mol. The Bertz CT molecular complexity index is 605. The number of carbonyl (C=O) groups excluding carboxylic acids is 1. The van der Waals surface area contributed by atoms with Gasteiger partial charge in [0.25, 0.3) is 0 Å². The molecule has 0 unspecified atom stereocenters. The molecule has 0 bridgehead atoms. The van der Waals surface area contributed by atoms with Gasteiger partial charge < -0.3 is 4.74 Å². The fourth-order valence-electron chi connectivity index (χ4n) is 1.93. The topological polar surface area (TPSA) is 26.3 Å². The summed E-state index contributed by atoms with van der Waals surface area (Å²) in [7, 11) is 0. The maximum absolute atomic E-state index is 12.6. The minimum Gasteiger partial charge on any atom is -0.493 e. The molecule has 2 rings (SSSR count). The summed E-state index contributed by atoms with van der Waals surface area (Å²) < 4.78 is 6.40. The van der Waals surface area contributed by atoms with E-state index in [1.165, 1.54) is 0 Å². The van der Waals surface area contributed by atoms with E-state index in [4.69, 9.17) is 4.74 Å². The van der Waals surface area contributed by atoms with Crippen molar-refractivity contribution in [2.24, 2.45) is 0 Å². The Balaban J connectivity index is 2.49. The lowest BCUT2D eigenvalue weighted by Gasteiger charge is -2.11. The molecular formula is C16H15BrO2. The van der Waals surface area contributed by atoms with Gasteiger partial charge in [-0.3, -0.25) is 4.79 Å². The number of hydrogen-bond donors (Lipinski definition) is 0. The third kappa shape index (κ3) is 3.04. The number of aryl methyl sites for hydroxylation is 1. The molecule has 0 aliphatic heterocycles. The Hall–Kier alpha value is -1.61. The van der Waals surface area contributed by atoms with Gasteiger partial charge in [-0.2, -0.15) is 0 Å². The lowest BCUT2D eigenvalue weighted by Crippen LogP contribution is -2.07. The van der Waals surface area contributed by atoms with E-state index in [0.29, 0.717) is 23.5 Å². The Labute approximate surface area is 121 Å². The molecule has 0 saturated heterocycles. The number of rotatable bonds is 4. The summed E-state index contributed by atoms with van der Waals surface area (Å²) in [6.07, 6.45) is 0. The van der Waals surface area contributed by atoms with E-state index in [1.807, 2.05) is 50.2 Å². The quantitative estimate of drug-likeness (QED) is 0.782. The molecule has 2 aromatic carbocycles. The summed E-state index contributed by atoms with van der Waals surface area (Å²) in [5, 5.41) is 0. The van der Waals surface area contributed by atoms with Crippen molar-refractivity contribution < 1.29 is 9.53 Å². The molecule has 0 heterocycles. The zero-order valence-electron chi connectivity index (χ0n) is 10.9. The van der Waals surface area contributed by atoms with Crippen LogP contribution in [-0.2, 0) is 0 Å². The molecule has 0 spiro atoms. The lowest BCUT2D eigenvalue weighted by atomic mass is 9.98. The average Bonchev–Trinajstić information content (AvgIpc) is 2.41. The molecule has 2 nitrogen and oxygen atoms in total. The second-order valence-corrected chi connectivity index (χ2v) is 5.13.